The van der Waals surface area contributed by atoms with Crippen molar-refractivity contribution in [2.24, 2.45) is 0 Å². The molecule has 13 heavy (non-hydrogen) atoms. The zero-order valence-corrected chi connectivity index (χ0v) is 7.07. The van der Waals surface area contributed by atoms with Gasteiger partial charge in [0, 0.05) is 12.3 Å². The monoisotopic (exact) mass is 182 g/mol. The van der Waals surface area contributed by atoms with E-state index in [1.807, 2.05) is 0 Å². The number of aliphatic hydroxyl groups excluding tert-OH is 1. The Morgan fingerprint density at radius 3 is 2.77 bits per heavy atom. The third kappa shape index (κ3) is 2.72. The summed E-state index contributed by atoms with van der Waals surface area (Å²) in [5, 5.41) is 11.3. The highest BCUT2D eigenvalue weighted by atomic mass is 16.3. The molecule has 0 aliphatic carbocycles. The molecular formula is C8H10N2O3. The standard InChI is InChI=1S/C8H10N2O3/c1-5(11)8(13)10-6-2-3-7(12)9-4-6/h2-5,11H,1H3,(H,9,12)(H,10,13)/t5-/m0/s1. The van der Waals surface area contributed by atoms with Crippen LogP contribution in [0.1, 0.15) is 6.92 Å². The van der Waals surface area contributed by atoms with E-state index >= 15 is 0 Å². The molecule has 0 unspecified atom stereocenters. The predicted molar refractivity (Wildman–Crippen MR) is 47.4 cm³/mol. The first-order chi connectivity index (χ1) is 6.09. The van der Waals surface area contributed by atoms with Gasteiger partial charge in [0.05, 0.1) is 5.69 Å². The molecule has 1 amide bonds. The van der Waals surface area contributed by atoms with E-state index in [-0.39, 0.29) is 5.56 Å². The molecule has 70 valence electrons. The number of hydrogen-bond acceptors (Lipinski definition) is 3. The van der Waals surface area contributed by atoms with E-state index in [4.69, 9.17) is 5.11 Å². The van der Waals surface area contributed by atoms with Crippen LogP contribution in [0.2, 0.25) is 0 Å². The number of aromatic nitrogens is 1. The van der Waals surface area contributed by atoms with Crippen molar-refractivity contribution >= 4 is 11.6 Å². The van der Waals surface area contributed by atoms with E-state index in [0.717, 1.165) is 0 Å². The second kappa shape index (κ2) is 3.86. The minimum Gasteiger partial charge on any atom is -0.384 e. The summed E-state index contributed by atoms with van der Waals surface area (Å²) in [6, 6.07) is 2.75. The van der Waals surface area contributed by atoms with Gasteiger partial charge in [0.15, 0.2) is 0 Å². The lowest BCUT2D eigenvalue weighted by molar-refractivity contribution is -0.123. The number of anilines is 1. The van der Waals surface area contributed by atoms with Crippen LogP contribution in [0.15, 0.2) is 23.1 Å². The summed E-state index contributed by atoms with van der Waals surface area (Å²) in [7, 11) is 0. The number of amides is 1. The van der Waals surface area contributed by atoms with Crippen LogP contribution in [-0.4, -0.2) is 22.1 Å². The molecule has 0 radical (unpaired) electrons. The lowest BCUT2D eigenvalue weighted by atomic mass is 10.3. The van der Waals surface area contributed by atoms with Crippen LogP contribution < -0.4 is 10.9 Å². The fourth-order valence-electron chi connectivity index (χ4n) is 0.735. The van der Waals surface area contributed by atoms with Crippen molar-refractivity contribution in [3.05, 3.63) is 28.7 Å². The van der Waals surface area contributed by atoms with Crippen molar-refractivity contribution in [1.82, 2.24) is 4.98 Å². The van der Waals surface area contributed by atoms with Crippen molar-refractivity contribution in [1.29, 1.82) is 0 Å². The summed E-state index contributed by atoms with van der Waals surface area (Å²) in [4.78, 5) is 24.0. The van der Waals surface area contributed by atoms with E-state index in [2.05, 4.69) is 10.3 Å². The van der Waals surface area contributed by atoms with Gasteiger partial charge in [-0.3, -0.25) is 9.59 Å². The maximum atomic E-state index is 10.9. The molecule has 1 atom stereocenters. The van der Waals surface area contributed by atoms with Crippen LogP contribution >= 0.6 is 0 Å². The number of aromatic amines is 1. The second-order valence-electron chi connectivity index (χ2n) is 2.61. The zero-order chi connectivity index (χ0) is 9.84. The average Bonchev–Trinajstić information content (AvgIpc) is 2.08. The molecule has 1 aromatic heterocycles. The SMILES string of the molecule is C[C@H](O)C(=O)Nc1ccc(=O)[nH]c1. The molecule has 3 N–H and O–H groups in total. The Kier molecular flexibility index (Phi) is 2.81. The number of pyridine rings is 1. The third-order valence-electron chi connectivity index (χ3n) is 1.43. The van der Waals surface area contributed by atoms with E-state index in [1.54, 1.807) is 0 Å². The highest BCUT2D eigenvalue weighted by Crippen LogP contribution is 2.00. The average molecular weight is 182 g/mol. The molecule has 1 aromatic rings. The molecule has 0 saturated heterocycles. The Labute approximate surface area is 74.4 Å². The van der Waals surface area contributed by atoms with Crippen molar-refractivity contribution in [3.63, 3.8) is 0 Å². The van der Waals surface area contributed by atoms with Crippen molar-refractivity contribution in [2.45, 2.75) is 13.0 Å². The molecule has 0 bridgehead atoms. The molecule has 0 spiro atoms. The number of aliphatic hydroxyl groups is 1. The summed E-state index contributed by atoms with van der Waals surface area (Å²) in [5.41, 5.74) is 0.209. The van der Waals surface area contributed by atoms with Crippen LogP contribution in [0.5, 0.6) is 0 Å². The molecule has 0 aromatic carbocycles. The van der Waals surface area contributed by atoms with E-state index in [9.17, 15) is 9.59 Å². The normalized spacial score (nSPS) is 12.2. The Hall–Kier alpha value is -1.62. The highest BCUT2D eigenvalue weighted by Gasteiger charge is 2.07. The van der Waals surface area contributed by atoms with Gasteiger partial charge in [0.25, 0.3) is 5.91 Å². The molecule has 5 nitrogen and oxygen atoms in total. The van der Waals surface area contributed by atoms with Gasteiger partial charge in [0.2, 0.25) is 5.56 Å². The van der Waals surface area contributed by atoms with E-state index in [0.29, 0.717) is 5.69 Å². The van der Waals surface area contributed by atoms with Crippen LogP contribution in [-0.2, 0) is 4.79 Å². The lowest BCUT2D eigenvalue weighted by Crippen LogP contribution is -2.24. The third-order valence-corrected chi connectivity index (χ3v) is 1.43. The predicted octanol–water partition coefficient (Wildman–Crippen LogP) is -0.306. The molecule has 0 aliphatic rings. The number of rotatable bonds is 2. The fraction of sp³-hybridized carbons (Fsp3) is 0.250. The smallest absolute Gasteiger partial charge is 0.252 e. The maximum Gasteiger partial charge on any atom is 0.252 e. The van der Waals surface area contributed by atoms with Gasteiger partial charge in [-0.05, 0) is 13.0 Å². The second-order valence-corrected chi connectivity index (χ2v) is 2.61. The number of hydrogen-bond donors (Lipinski definition) is 3. The van der Waals surface area contributed by atoms with Gasteiger partial charge >= 0.3 is 0 Å². The molecule has 5 heteroatoms. The van der Waals surface area contributed by atoms with Gasteiger partial charge in [-0.15, -0.1) is 0 Å². The number of carbonyl (C=O) groups excluding carboxylic acids is 1. The van der Waals surface area contributed by atoms with Crippen LogP contribution in [0.25, 0.3) is 0 Å². The highest BCUT2D eigenvalue weighted by molar-refractivity contribution is 5.93. The maximum absolute atomic E-state index is 10.9. The van der Waals surface area contributed by atoms with Crippen LogP contribution in [0.4, 0.5) is 5.69 Å². The van der Waals surface area contributed by atoms with Gasteiger partial charge in [-0.1, -0.05) is 0 Å². The Balaban J connectivity index is 2.70. The molecule has 0 aliphatic heterocycles. The molecular weight excluding hydrogens is 172 g/mol. The summed E-state index contributed by atoms with van der Waals surface area (Å²) in [6.45, 7) is 1.36. The largest absolute Gasteiger partial charge is 0.384 e. The van der Waals surface area contributed by atoms with E-state index in [1.165, 1.54) is 25.3 Å². The molecule has 1 rings (SSSR count). The number of carbonyl (C=O) groups is 1. The van der Waals surface area contributed by atoms with Gasteiger partial charge in [-0.25, -0.2) is 0 Å². The zero-order valence-electron chi connectivity index (χ0n) is 7.07. The quantitative estimate of drug-likeness (QED) is 0.587. The molecule has 0 saturated carbocycles. The van der Waals surface area contributed by atoms with Gasteiger partial charge in [-0.2, -0.15) is 0 Å². The first-order valence-corrected chi connectivity index (χ1v) is 3.77. The first-order valence-electron chi connectivity index (χ1n) is 3.77. The minimum absolute atomic E-state index is 0.241. The Morgan fingerprint density at radius 1 is 1.62 bits per heavy atom. The lowest BCUT2D eigenvalue weighted by Gasteiger charge is -2.05. The summed E-state index contributed by atoms with van der Waals surface area (Å²) in [5.74, 6) is -0.507. The fourth-order valence-corrected chi connectivity index (χ4v) is 0.735. The van der Waals surface area contributed by atoms with Gasteiger partial charge in [0.1, 0.15) is 6.10 Å². The summed E-state index contributed by atoms with van der Waals surface area (Å²) in [6.07, 6.45) is 0.301. The van der Waals surface area contributed by atoms with Crippen molar-refractivity contribution < 1.29 is 9.90 Å². The number of nitrogens with one attached hydrogen (secondary N) is 2. The summed E-state index contributed by atoms with van der Waals surface area (Å²) < 4.78 is 0. The summed E-state index contributed by atoms with van der Waals surface area (Å²) >= 11 is 0. The first kappa shape index (κ1) is 9.47. The Morgan fingerprint density at radius 2 is 2.31 bits per heavy atom. The molecule has 0 fully saturated rings. The number of H-pyrrole nitrogens is 1. The topological polar surface area (TPSA) is 82.2 Å². The van der Waals surface area contributed by atoms with Crippen LogP contribution in [0.3, 0.4) is 0 Å². The van der Waals surface area contributed by atoms with Crippen LogP contribution in [0, 0.1) is 0 Å². The van der Waals surface area contributed by atoms with E-state index < -0.39 is 12.0 Å². The Bertz CT molecular complexity index is 336. The van der Waals surface area contributed by atoms with Gasteiger partial charge < -0.3 is 15.4 Å². The molecule has 1 heterocycles. The minimum atomic E-state index is -1.06. The van der Waals surface area contributed by atoms with Crippen molar-refractivity contribution in [2.75, 3.05) is 5.32 Å². The van der Waals surface area contributed by atoms with Crippen molar-refractivity contribution in [3.8, 4) is 0 Å².